The highest BCUT2D eigenvalue weighted by atomic mass is 16.4. The SMILES string of the molecule is C#CCNC1(C(=O)O)CCCCC1C(C)(C)C. The van der Waals surface area contributed by atoms with Crippen LogP contribution in [0.15, 0.2) is 0 Å². The number of nitrogens with one attached hydrogen (secondary N) is 1. The molecule has 0 aromatic rings. The first kappa shape index (κ1) is 14.1. The van der Waals surface area contributed by atoms with Crippen LogP contribution in [-0.4, -0.2) is 23.2 Å². The first-order valence-corrected chi connectivity index (χ1v) is 6.26. The van der Waals surface area contributed by atoms with E-state index in [9.17, 15) is 9.90 Å². The number of rotatable bonds is 3. The van der Waals surface area contributed by atoms with E-state index < -0.39 is 11.5 Å². The number of aliphatic carboxylic acids is 1. The van der Waals surface area contributed by atoms with Gasteiger partial charge in [-0.25, -0.2) is 0 Å². The zero-order chi connectivity index (χ0) is 13.1. The summed E-state index contributed by atoms with van der Waals surface area (Å²) in [5.74, 6) is 1.86. The van der Waals surface area contributed by atoms with Gasteiger partial charge in [0.05, 0.1) is 6.54 Å². The number of terminal acetylenes is 1. The number of carbonyl (C=O) groups is 1. The van der Waals surface area contributed by atoms with E-state index in [0.717, 1.165) is 19.3 Å². The molecule has 3 nitrogen and oxygen atoms in total. The first-order valence-electron chi connectivity index (χ1n) is 6.26. The summed E-state index contributed by atoms with van der Waals surface area (Å²) in [5, 5.41) is 12.7. The zero-order valence-corrected chi connectivity index (χ0v) is 11.0. The molecule has 0 saturated heterocycles. The van der Waals surface area contributed by atoms with Gasteiger partial charge in [-0.3, -0.25) is 10.1 Å². The lowest BCUT2D eigenvalue weighted by atomic mass is 9.62. The van der Waals surface area contributed by atoms with Crippen molar-refractivity contribution >= 4 is 5.97 Å². The van der Waals surface area contributed by atoms with Crippen molar-refractivity contribution in [3.05, 3.63) is 0 Å². The molecule has 17 heavy (non-hydrogen) atoms. The Morgan fingerprint density at radius 2 is 2.18 bits per heavy atom. The van der Waals surface area contributed by atoms with Crippen LogP contribution in [0.3, 0.4) is 0 Å². The van der Waals surface area contributed by atoms with Crippen LogP contribution in [0.2, 0.25) is 0 Å². The lowest BCUT2D eigenvalue weighted by Gasteiger charge is -2.47. The topological polar surface area (TPSA) is 49.3 Å². The van der Waals surface area contributed by atoms with Crippen LogP contribution < -0.4 is 5.32 Å². The quantitative estimate of drug-likeness (QED) is 0.740. The lowest BCUT2D eigenvalue weighted by molar-refractivity contribution is -0.152. The second-order valence-corrected chi connectivity index (χ2v) is 6.00. The maximum absolute atomic E-state index is 11.7. The second kappa shape index (κ2) is 5.10. The summed E-state index contributed by atoms with van der Waals surface area (Å²) in [4.78, 5) is 11.7. The molecule has 0 aliphatic heterocycles. The predicted octanol–water partition coefficient (Wildman–Crippen LogP) is 2.27. The van der Waals surface area contributed by atoms with Crippen LogP contribution in [0.25, 0.3) is 0 Å². The maximum Gasteiger partial charge on any atom is 0.324 e. The average Bonchev–Trinajstić information content (AvgIpc) is 2.25. The first-order chi connectivity index (χ1) is 7.84. The Bertz CT molecular complexity index is 324. The maximum atomic E-state index is 11.7. The molecule has 0 heterocycles. The van der Waals surface area contributed by atoms with E-state index in [2.05, 4.69) is 32.0 Å². The van der Waals surface area contributed by atoms with Gasteiger partial charge in [0.2, 0.25) is 0 Å². The van der Waals surface area contributed by atoms with Crippen molar-refractivity contribution in [2.75, 3.05) is 6.54 Å². The fourth-order valence-electron chi connectivity index (χ4n) is 3.10. The van der Waals surface area contributed by atoms with Crippen LogP contribution in [0, 0.1) is 23.7 Å². The molecule has 0 aromatic heterocycles. The van der Waals surface area contributed by atoms with E-state index in [1.165, 1.54) is 0 Å². The molecule has 1 fully saturated rings. The average molecular weight is 237 g/mol. The van der Waals surface area contributed by atoms with Gasteiger partial charge in [0, 0.05) is 0 Å². The minimum Gasteiger partial charge on any atom is -0.480 e. The number of carboxylic acids is 1. The Balaban J connectivity index is 3.05. The van der Waals surface area contributed by atoms with Gasteiger partial charge in [0.15, 0.2) is 0 Å². The van der Waals surface area contributed by atoms with Crippen molar-refractivity contribution in [1.82, 2.24) is 5.32 Å². The molecule has 0 radical (unpaired) electrons. The highest BCUT2D eigenvalue weighted by Gasteiger charge is 2.51. The highest BCUT2D eigenvalue weighted by molar-refractivity contribution is 5.79. The Morgan fingerprint density at radius 3 is 2.65 bits per heavy atom. The fourth-order valence-corrected chi connectivity index (χ4v) is 3.10. The predicted molar refractivity (Wildman–Crippen MR) is 68.6 cm³/mol. The van der Waals surface area contributed by atoms with Gasteiger partial charge < -0.3 is 5.11 Å². The molecular weight excluding hydrogens is 214 g/mol. The Hall–Kier alpha value is -1.01. The van der Waals surface area contributed by atoms with Crippen molar-refractivity contribution in [2.24, 2.45) is 11.3 Å². The molecule has 96 valence electrons. The minimum atomic E-state index is -0.844. The molecule has 2 unspecified atom stereocenters. The monoisotopic (exact) mass is 237 g/mol. The largest absolute Gasteiger partial charge is 0.480 e. The van der Waals surface area contributed by atoms with E-state index >= 15 is 0 Å². The molecule has 0 spiro atoms. The third kappa shape index (κ3) is 2.81. The zero-order valence-electron chi connectivity index (χ0n) is 11.0. The fraction of sp³-hybridized carbons (Fsp3) is 0.786. The summed E-state index contributed by atoms with van der Waals surface area (Å²) in [7, 11) is 0. The van der Waals surface area contributed by atoms with Crippen molar-refractivity contribution in [3.8, 4) is 12.3 Å². The van der Waals surface area contributed by atoms with Gasteiger partial charge >= 0.3 is 5.97 Å². The van der Waals surface area contributed by atoms with Gasteiger partial charge in [-0.15, -0.1) is 6.42 Å². The number of hydrogen-bond acceptors (Lipinski definition) is 2. The second-order valence-electron chi connectivity index (χ2n) is 6.00. The minimum absolute atomic E-state index is 0.0274. The molecule has 1 rings (SSSR count). The molecule has 0 bridgehead atoms. The van der Waals surface area contributed by atoms with E-state index in [0.29, 0.717) is 13.0 Å². The standard InChI is InChI=1S/C14H23NO2/c1-5-10-15-14(12(16)17)9-7-6-8-11(14)13(2,3)4/h1,11,15H,6-10H2,2-4H3,(H,16,17). The summed E-state index contributed by atoms with van der Waals surface area (Å²) >= 11 is 0. The third-order valence-corrected chi connectivity index (χ3v) is 3.84. The van der Waals surface area contributed by atoms with Gasteiger partial charge in [-0.1, -0.05) is 39.5 Å². The van der Waals surface area contributed by atoms with Crippen LogP contribution in [0.4, 0.5) is 0 Å². The molecule has 1 aliphatic rings. The highest BCUT2D eigenvalue weighted by Crippen LogP contribution is 2.44. The van der Waals surface area contributed by atoms with Crippen molar-refractivity contribution in [1.29, 1.82) is 0 Å². The van der Waals surface area contributed by atoms with E-state index in [-0.39, 0.29) is 11.3 Å². The molecule has 3 heteroatoms. The van der Waals surface area contributed by atoms with Gasteiger partial charge in [0.25, 0.3) is 0 Å². The molecule has 2 atom stereocenters. The van der Waals surface area contributed by atoms with Crippen LogP contribution in [-0.2, 0) is 4.79 Å². The Labute approximate surface area is 104 Å². The van der Waals surface area contributed by atoms with E-state index in [4.69, 9.17) is 6.42 Å². The summed E-state index contributed by atoms with van der Waals surface area (Å²) in [6.07, 6.45) is 8.94. The van der Waals surface area contributed by atoms with E-state index in [1.54, 1.807) is 0 Å². The summed E-state index contributed by atoms with van der Waals surface area (Å²) in [6.45, 7) is 6.65. The van der Waals surface area contributed by atoms with E-state index in [1.807, 2.05) is 0 Å². The number of carboxylic acid groups (broad SMARTS) is 1. The number of hydrogen-bond donors (Lipinski definition) is 2. The molecule has 0 amide bonds. The van der Waals surface area contributed by atoms with Gasteiger partial charge in [0.1, 0.15) is 5.54 Å². The Kier molecular flexibility index (Phi) is 4.21. The van der Waals surface area contributed by atoms with Gasteiger partial charge in [-0.2, -0.15) is 0 Å². The normalized spacial score (nSPS) is 29.6. The van der Waals surface area contributed by atoms with Crippen molar-refractivity contribution in [3.63, 3.8) is 0 Å². The van der Waals surface area contributed by atoms with Crippen LogP contribution in [0.1, 0.15) is 46.5 Å². The summed E-state index contributed by atoms with van der Waals surface area (Å²) in [5.41, 5.74) is -0.872. The smallest absolute Gasteiger partial charge is 0.324 e. The molecule has 1 aliphatic carbocycles. The molecule has 0 aromatic carbocycles. The summed E-state index contributed by atoms with van der Waals surface area (Å²) < 4.78 is 0. The van der Waals surface area contributed by atoms with Crippen molar-refractivity contribution in [2.45, 2.75) is 52.0 Å². The van der Waals surface area contributed by atoms with Crippen LogP contribution in [0.5, 0.6) is 0 Å². The van der Waals surface area contributed by atoms with Gasteiger partial charge in [-0.05, 0) is 24.2 Å². The Morgan fingerprint density at radius 1 is 1.53 bits per heavy atom. The lowest BCUT2D eigenvalue weighted by Crippen LogP contribution is -2.62. The van der Waals surface area contributed by atoms with Crippen molar-refractivity contribution < 1.29 is 9.90 Å². The molecule has 2 N–H and O–H groups in total. The molecular formula is C14H23NO2. The summed E-state index contributed by atoms with van der Waals surface area (Å²) in [6, 6.07) is 0. The third-order valence-electron chi connectivity index (χ3n) is 3.84. The van der Waals surface area contributed by atoms with Crippen LogP contribution >= 0.6 is 0 Å². The molecule has 1 saturated carbocycles.